The number of hydrogen-bond donors (Lipinski definition) is 2. The highest BCUT2D eigenvalue weighted by molar-refractivity contribution is 5.51. The first kappa shape index (κ1) is 11.2. The van der Waals surface area contributed by atoms with Crippen molar-refractivity contribution in [2.45, 2.75) is 38.8 Å². The Morgan fingerprint density at radius 1 is 1.62 bits per heavy atom. The summed E-state index contributed by atoms with van der Waals surface area (Å²) >= 11 is 0. The molecule has 16 heavy (non-hydrogen) atoms. The van der Waals surface area contributed by atoms with Crippen LogP contribution in [0.3, 0.4) is 0 Å². The van der Waals surface area contributed by atoms with Gasteiger partial charge >= 0.3 is 0 Å². The van der Waals surface area contributed by atoms with Crippen LogP contribution in [0.15, 0.2) is 12.3 Å². The number of nitrogens with zero attached hydrogens (tertiary/aromatic N) is 1. The van der Waals surface area contributed by atoms with Crippen LogP contribution < -0.4 is 11.1 Å². The lowest BCUT2D eigenvalue weighted by Crippen LogP contribution is -2.30. The van der Waals surface area contributed by atoms with E-state index in [2.05, 4.69) is 17.2 Å². The number of nitrogen functional groups attached to an aromatic ring is 1. The number of aryl methyl sites for hydroxylation is 1. The predicted octanol–water partition coefficient (Wildman–Crippen LogP) is 1.95. The van der Waals surface area contributed by atoms with Crippen LogP contribution >= 0.6 is 0 Å². The van der Waals surface area contributed by atoms with E-state index in [4.69, 9.17) is 10.5 Å². The quantitative estimate of drug-likeness (QED) is 0.819. The van der Waals surface area contributed by atoms with Gasteiger partial charge in [-0.05, 0) is 38.3 Å². The molecule has 1 aromatic heterocycles. The van der Waals surface area contributed by atoms with Gasteiger partial charge in [0.15, 0.2) is 0 Å². The Hall–Kier alpha value is -1.29. The van der Waals surface area contributed by atoms with Crippen LogP contribution in [0.5, 0.6) is 0 Å². The van der Waals surface area contributed by atoms with Crippen molar-refractivity contribution in [3.05, 3.63) is 17.8 Å². The van der Waals surface area contributed by atoms with Gasteiger partial charge in [-0.1, -0.05) is 0 Å². The van der Waals surface area contributed by atoms with Crippen LogP contribution in [0.4, 0.5) is 11.5 Å². The zero-order valence-electron chi connectivity index (χ0n) is 9.86. The van der Waals surface area contributed by atoms with Gasteiger partial charge in [0, 0.05) is 6.61 Å². The van der Waals surface area contributed by atoms with Crippen molar-refractivity contribution in [2.24, 2.45) is 0 Å². The number of hydrogen-bond acceptors (Lipinski definition) is 4. The molecule has 1 aliphatic heterocycles. The molecule has 1 aromatic rings. The Morgan fingerprint density at radius 2 is 2.44 bits per heavy atom. The van der Waals surface area contributed by atoms with Crippen LogP contribution in [0.2, 0.25) is 0 Å². The van der Waals surface area contributed by atoms with Crippen molar-refractivity contribution >= 4 is 11.5 Å². The Kier molecular flexibility index (Phi) is 3.29. The first-order valence-electron chi connectivity index (χ1n) is 5.77. The molecule has 0 amide bonds. The van der Waals surface area contributed by atoms with Gasteiger partial charge < -0.3 is 15.8 Å². The second-order valence-corrected chi connectivity index (χ2v) is 4.42. The third kappa shape index (κ3) is 2.44. The molecule has 2 atom stereocenters. The molecule has 0 aromatic carbocycles. The summed E-state index contributed by atoms with van der Waals surface area (Å²) in [4.78, 5) is 4.30. The number of pyridine rings is 1. The Labute approximate surface area is 96.2 Å². The van der Waals surface area contributed by atoms with E-state index in [0.29, 0.717) is 11.8 Å². The zero-order valence-corrected chi connectivity index (χ0v) is 9.86. The summed E-state index contributed by atoms with van der Waals surface area (Å²) in [5.41, 5.74) is 7.44. The van der Waals surface area contributed by atoms with Crippen molar-refractivity contribution in [3.63, 3.8) is 0 Å². The molecular formula is C12H19N3O. The van der Waals surface area contributed by atoms with Gasteiger partial charge in [0.2, 0.25) is 0 Å². The predicted molar refractivity (Wildman–Crippen MR) is 65.4 cm³/mol. The maximum atomic E-state index is 5.67. The van der Waals surface area contributed by atoms with Crippen molar-refractivity contribution < 1.29 is 4.74 Å². The average molecular weight is 221 g/mol. The number of nitrogens with one attached hydrogen (secondary N) is 1. The molecule has 0 saturated carbocycles. The van der Waals surface area contributed by atoms with E-state index in [9.17, 15) is 0 Å². The van der Waals surface area contributed by atoms with E-state index < -0.39 is 0 Å². The van der Waals surface area contributed by atoms with Crippen molar-refractivity contribution in [1.82, 2.24) is 4.98 Å². The highest BCUT2D eigenvalue weighted by Crippen LogP contribution is 2.20. The number of anilines is 2. The lowest BCUT2D eigenvalue weighted by molar-refractivity contribution is 0.0995. The summed E-state index contributed by atoms with van der Waals surface area (Å²) in [5, 5.41) is 3.39. The van der Waals surface area contributed by atoms with Crippen LogP contribution in [0.25, 0.3) is 0 Å². The van der Waals surface area contributed by atoms with Gasteiger partial charge in [0.25, 0.3) is 0 Å². The lowest BCUT2D eigenvalue weighted by atomic mass is 10.1. The molecule has 2 unspecified atom stereocenters. The molecule has 1 saturated heterocycles. The number of aromatic nitrogens is 1. The minimum absolute atomic E-state index is 0.289. The zero-order chi connectivity index (χ0) is 11.5. The summed E-state index contributed by atoms with van der Waals surface area (Å²) in [6, 6.07) is 2.22. The summed E-state index contributed by atoms with van der Waals surface area (Å²) < 4.78 is 5.64. The van der Waals surface area contributed by atoms with Gasteiger partial charge in [0.05, 0.1) is 24.0 Å². The fourth-order valence-corrected chi connectivity index (χ4v) is 2.05. The normalized spacial score (nSPS) is 22.0. The molecule has 2 rings (SSSR count). The summed E-state index contributed by atoms with van der Waals surface area (Å²) in [6.45, 7) is 5.02. The molecule has 88 valence electrons. The van der Waals surface area contributed by atoms with E-state index in [0.717, 1.165) is 30.8 Å². The molecule has 4 heteroatoms. The topological polar surface area (TPSA) is 60.2 Å². The van der Waals surface area contributed by atoms with E-state index in [1.54, 1.807) is 6.20 Å². The largest absolute Gasteiger partial charge is 0.397 e. The van der Waals surface area contributed by atoms with E-state index in [1.807, 2.05) is 13.0 Å². The maximum Gasteiger partial charge on any atom is 0.129 e. The molecule has 1 aliphatic rings. The average Bonchev–Trinajstić information content (AvgIpc) is 2.75. The van der Waals surface area contributed by atoms with E-state index >= 15 is 0 Å². The maximum absolute atomic E-state index is 5.67. The van der Waals surface area contributed by atoms with E-state index in [-0.39, 0.29) is 6.04 Å². The fraction of sp³-hybridized carbons (Fsp3) is 0.583. The van der Waals surface area contributed by atoms with Crippen molar-refractivity contribution in [1.29, 1.82) is 0 Å². The van der Waals surface area contributed by atoms with Gasteiger partial charge in [0.1, 0.15) is 5.82 Å². The molecular weight excluding hydrogens is 202 g/mol. The summed E-state index contributed by atoms with van der Waals surface area (Å²) in [5.74, 6) is 0.900. The Bertz CT molecular complexity index is 361. The summed E-state index contributed by atoms with van der Waals surface area (Å²) in [6.07, 6.45) is 4.27. The highest BCUT2D eigenvalue weighted by atomic mass is 16.5. The molecule has 3 N–H and O–H groups in total. The van der Waals surface area contributed by atoms with Crippen LogP contribution in [0, 0.1) is 6.92 Å². The fourth-order valence-electron chi connectivity index (χ4n) is 2.05. The molecule has 0 aliphatic carbocycles. The third-order valence-corrected chi connectivity index (χ3v) is 2.99. The van der Waals surface area contributed by atoms with Gasteiger partial charge in [-0.3, -0.25) is 0 Å². The lowest BCUT2D eigenvalue weighted by Gasteiger charge is -2.21. The van der Waals surface area contributed by atoms with Crippen LogP contribution in [0.1, 0.15) is 25.3 Å². The van der Waals surface area contributed by atoms with Crippen molar-refractivity contribution in [2.75, 3.05) is 17.7 Å². The first-order chi connectivity index (χ1) is 7.66. The third-order valence-electron chi connectivity index (χ3n) is 2.99. The molecule has 1 fully saturated rings. The first-order valence-corrected chi connectivity index (χ1v) is 5.77. The molecule has 0 bridgehead atoms. The molecule has 0 spiro atoms. The Balaban J connectivity index is 2.02. The molecule has 0 radical (unpaired) electrons. The van der Waals surface area contributed by atoms with Crippen molar-refractivity contribution in [3.8, 4) is 0 Å². The standard InChI is InChI=1S/C12H19N3O/c1-8-6-10(13)7-14-12(8)15-9(2)11-4-3-5-16-11/h6-7,9,11H,3-5,13H2,1-2H3,(H,14,15). The minimum Gasteiger partial charge on any atom is -0.397 e. The second-order valence-electron chi connectivity index (χ2n) is 4.42. The highest BCUT2D eigenvalue weighted by Gasteiger charge is 2.22. The van der Waals surface area contributed by atoms with Crippen LogP contribution in [-0.2, 0) is 4.74 Å². The number of rotatable bonds is 3. The van der Waals surface area contributed by atoms with Gasteiger partial charge in [-0.25, -0.2) is 4.98 Å². The van der Waals surface area contributed by atoms with Gasteiger partial charge in [-0.15, -0.1) is 0 Å². The molecule has 2 heterocycles. The molecule has 4 nitrogen and oxygen atoms in total. The van der Waals surface area contributed by atoms with E-state index in [1.165, 1.54) is 0 Å². The number of ether oxygens (including phenoxy) is 1. The smallest absolute Gasteiger partial charge is 0.129 e. The number of nitrogens with two attached hydrogens (primary N) is 1. The second kappa shape index (κ2) is 4.70. The SMILES string of the molecule is Cc1cc(N)cnc1NC(C)C1CCCO1. The minimum atomic E-state index is 0.289. The Morgan fingerprint density at radius 3 is 3.06 bits per heavy atom. The van der Waals surface area contributed by atoms with Crippen LogP contribution in [-0.4, -0.2) is 23.7 Å². The summed E-state index contributed by atoms with van der Waals surface area (Å²) in [7, 11) is 0. The van der Waals surface area contributed by atoms with Gasteiger partial charge in [-0.2, -0.15) is 0 Å². The monoisotopic (exact) mass is 221 g/mol.